The molecule has 0 unspecified atom stereocenters. The average Bonchev–Trinajstić information content (AvgIpc) is 3.16. The molecule has 4 aromatic rings. The average molecular weight is 534 g/mol. The first-order valence-corrected chi connectivity index (χ1v) is 13.1. The van der Waals surface area contributed by atoms with E-state index in [-0.39, 0.29) is 22.0 Å². The molecule has 0 radical (unpaired) electrons. The van der Waals surface area contributed by atoms with Crippen molar-refractivity contribution in [3.05, 3.63) is 105 Å². The van der Waals surface area contributed by atoms with E-state index in [9.17, 15) is 18.5 Å². The fourth-order valence-electron chi connectivity index (χ4n) is 4.06. The number of aryl methyl sites for hydroxylation is 2. The molecule has 1 heterocycles. The topological polar surface area (TPSA) is 128 Å². The van der Waals surface area contributed by atoms with Crippen LogP contribution in [-0.2, 0) is 10.0 Å². The fourth-order valence-corrected chi connectivity index (χ4v) is 5.30. The van der Waals surface area contributed by atoms with Crippen LogP contribution >= 0.6 is 0 Å². The van der Waals surface area contributed by atoms with Gasteiger partial charge in [0.25, 0.3) is 15.7 Å². The number of aromatic nitrogens is 1. The summed E-state index contributed by atoms with van der Waals surface area (Å²) in [6, 6.07) is 19.9. The van der Waals surface area contributed by atoms with Crippen molar-refractivity contribution in [1.82, 2.24) is 4.57 Å². The molecule has 4 rings (SSSR count). The van der Waals surface area contributed by atoms with Crippen molar-refractivity contribution in [1.29, 1.82) is 0 Å². The number of non-ortho nitro benzene ring substituents is 1. The number of nitrogens with one attached hydrogen (secondary N) is 2. The van der Waals surface area contributed by atoms with E-state index in [0.717, 1.165) is 34.3 Å². The molecule has 0 bridgehead atoms. The molecule has 38 heavy (non-hydrogen) atoms. The van der Waals surface area contributed by atoms with Crippen LogP contribution in [0.3, 0.4) is 0 Å². The van der Waals surface area contributed by atoms with Gasteiger partial charge in [-0.15, -0.1) is 0 Å². The number of ether oxygens (including phenoxy) is 1. The van der Waals surface area contributed by atoms with Crippen molar-refractivity contribution in [2.75, 3.05) is 17.3 Å². The summed E-state index contributed by atoms with van der Waals surface area (Å²) in [5, 5.41) is 15.6. The molecule has 196 valence electrons. The van der Waals surface area contributed by atoms with Crippen LogP contribution in [0.1, 0.15) is 22.5 Å². The standard InChI is InChI=1S/C27H27N5O5S/c1-18-6-5-7-23(14-18)31-19(2)15-21(20(31)3)17-28-29-26-13-10-24(32(33)34)16-27(26)38(35,36)30-22-8-11-25(37-4)12-9-22/h5-17,29-30H,1-4H3/b28-17+. The third-order valence-electron chi connectivity index (χ3n) is 5.93. The minimum Gasteiger partial charge on any atom is -0.497 e. The number of rotatable bonds is 9. The van der Waals surface area contributed by atoms with Crippen LogP contribution in [0.15, 0.2) is 82.8 Å². The van der Waals surface area contributed by atoms with Gasteiger partial charge in [-0.05, 0) is 74.9 Å². The van der Waals surface area contributed by atoms with E-state index in [1.54, 1.807) is 18.3 Å². The number of nitro groups is 1. The van der Waals surface area contributed by atoms with Crippen molar-refractivity contribution >= 4 is 33.3 Å². The lowest BCUT2D eigenvalue weighted by Crippen LogP contribution is -2.15. The van der Waals surface area contributed by atoms with Gasteiger partial charge < -0.3 is 9.30 Å². The van der Waals surface area contributed by atoms with E-state index in [1.807, 2.05) is 45.0 Å². The van der Waals surface area contributed by atoms with Crippen molar-refractivity contribution in [3.63, 3.8) is 0 Å². The molecule has 0 saturated heterocycles. The lowest BCUT2D eigenvalue weighted by molar-refractivity contribution is -0.385. The van der Waals surface area contributed by atoms with Crippen LogP contribution in [0.2, 0.25) is 0 Å². The lowest BCUT2D eigenvalue weighted by Gasteiger charge is -2.12. The molecular formula is C27H27N5O5S. The SMILES string of the molecule is COc1ccc(NS(=O)(=O)c2cc([N+](=O)[O-])ccc2N/N=C/c2cc(C)n(-c3cccc(C)c3)c2C)cc1. The van der Waals surface area contributed by atoms with Crippen molar-refractivity contribution in [2.24, 2.45) is 5.10 Å². The number of anilines is 2. The molecule has 0 amide bonds. The zero-order chi connectivity index (χ0) is 27.4. The maximum atomic E-state index is 13.2. The summed E-state index contributed by atoms with van der Waals surface area (Å²) in [6.45, 7) is 5.99. The van der Waals surface area contributed by atoms with Gasteiger partial charge in [-0.2, -0.15) is 5.10 Å². The molecule has 0 fully saturated rings. The summed E-state index contributed by atoms with van der Waals surface area (Å²) in [4.78, 5) is 10.4. The molecule has 0 saturated carbocycles. The highest BCUT2D eigenvalue weighted by atomic mass is 32.2. The third-order valence-corrected chi connectivity index (χ3v) is 7.35. The molecule has 0 aliphatic carbocycles. The molecule has 11 heteroatoms. The van der Waals surface area contributed by atoms with E-state index in [1.165, 1.54) is 31.4 Å². The van der Waals surface area contributed by atoms with Crippen LogP contribution in [0.4, 0.5) is 17.1 Å². The van der Waals surface area contributed by atoms with Crippen LogP contribution in [0.5, 0.6) is 5.75 Å². The highest BCUT2D eigenvalue weighted by Crippen LogP contribution is 2.29. The first-order chi connectivity index (χ1) is 18.1. The number of hydrazone groups is 1. The molecule has 0 atom stereocenters. The second-order valence-electron chi connectivity index (χ2n) is 8.64. The minimum absolute atomic E-state index is 0.0837. The second kappa shape index (κ2) is 10.8. The number of nitro benzene ring substituents is 1. The van der Waals surface area contributed by atoms with Gasteiger partial charge in [0.1, 0.15) is 10.6 Å². The number of hydrogen-bond donors (Lipinski definition) is 2. The maximum Gasteiger partial charge on any atom is 0.270 e. The van der Waals surface area contributed by atoms with E-state index in [4.69, 9.17) is 4.74 Å². The number of benzene rings is 3. The molecule has 2 N–H and O–H groups in total. The maximum absolute atomic E-state index is 13.2. The van der Waals surface area contributed by atoms with Gasteiger partial charge in [-0.25, -0.2) is 8.42 Å². The first kappa shape index (κ1) is 26.4. The van der Waals surface area contributed by atoms with E-state index in [2.05, 4.69) is 25.9 Å². The molecular weight excluding hydrogens is 506 g/mol. The zero-order valence-corrected chi connectivity index (χ0v) is 22.1. The summed E-state index contributed by atoms with van der Waals surface area (Å²) in [6.07, 6.45) is 1.59. The third kappa shape index (κ3) is 5.68. The smallest absolute Gasteiger partial charge is 0.270 e. The monoisotopic (exact) mass is 533 g/mol. The lowest BCUT2D eigenvalue weighted by atomic mass is 10.2. The van der Waals surface area contributed by atoms with Crippen LogP contribution in [0.25, 0.3) is 5.69 Å². The summed E-state index contributed by atoms with van der Waals surface area (Å²) in [5.41, 5.74) is 7.70. The quantitative estimate of drug-likeness (QED) is 0.165. The van der Waals surface area contributed by atoms with E-state index < -0.39 is 14.9 Å². The predicted molar refractivity (Wildman–Crippen MR) is 148 cm³/mol. The van der Waals surface area contributed by atoms with Crippen molar-refractivity contribution in [3.8, 4) is 11.4 Å². The van der Waals surface area contributed by atoms with Crippen molar-refractivity contribution in [2.45, 2.75) is 25.7 Å². The summed E-state index contributed by atoms with van der Waals surface area (Å²) >= 11 is 0. The van der Waals surface area contributed by atoms with Gasteiger partial charge in [-0.3, -0.25) is 20.3 Å². The van der Waals surface area contributed by atoms with Gasteiger partial charge in [-0.1, -0.05) is 12.1 Å². The fraction of sp³-hybridized carbons (Fsp3) is 0.148. The van der Waals surface area contributed by atoms with Gasteiger partial charge >= 0.3 is 0 Å². The largest absolute Gasteiger partial charge is 0.497 e. The number of methoxy groups -OCH3 is 1. The van der Waals surface area contributed by atoms with E-state index >= 15 is 0 Å². The van der Waals surface area contributed by atoms with Gasteiger partial charge in [0.2, 0.25) is 0 Å². The molecule has 0 aliphatic heterocycles. The molecule has 3 aromatic carbocycles. The second-order valence-corrected chi connectivity index (χ2v) is 10.3. The number of sulfonamides is 1. The summed E-state index contributed by atoms with van der Waals surface area (Å²) < 4.78 is 36.1. The highest BCUT2D eigenvalue weighted by molar-refractivity contribution is 7.92. The van der Waals surface area contributed by atoms with Crippen LogP contribution in [-0.4, -0.2) is 31.2 Å². The minimum atomic E-state index is -4.20. The first-order valence-electron chi connectivity index (χ1n) is 11.6. The number of nitrogens with zero attached hydrogens (tertiary/aromatic N) is 3. The molecule has 1 aromatic heterocycles. The molecule has 0 spiro atoms. The Morgan fingerprint density at radius 3 is 2.39 bits per heavy atom. The zero-order valence-electron chi connectivity index (χ0n) is 21.3. The Morgan fingerprint density at radius 1 is 1.00 bits per heavy atom. The Morgan fingerprint density at radius 2 is 1.74 bits per heavy atom. The number of hydrogen-bond acceptors (Lipinski definition) is 7. The summed E-state index contributed by atoms with van der Waals surface area (Å²) in [7, 11) is -2.70. The van der Waals surface area contributed by atoms with Crippen LogP contribution < -0.4 is 14.9 Å². The summed E-state index contributed by atoms with van der Waals surface area (Å²) in [5.74, 6) is 0.557. The Balaban J connectivity index is 1.63. The molecule has 10 nitrogen and oxygen atoms in total. The van der Waals surface area contributed by atoms with Gasteiger partial charge in [0, 0.05) is 40.5 Å². The van der Waals surface area contributed by atoms with Crippen LogP contribution in [0, 0.1) is 30.9 Å². The van der Waals surface area contributed by atoms with Crippen molar-refractivity contribution < 1.29 is 18.1 Å². The van der Waals surface area contributed by atoms with E-state index in [0.29, 0.717) is 5.75 Å². The Kier molecular flexibility index (Phi) is 7.49. The Bertz CT molecular complexity index is 1630. The normalized spacial score (nSPS) is 11.5. The highest BCUT2D eigenvalue weighted by Gasteiger charge is 2.23. The Labute approximate surface area is 220 Å². The predicted octanol–water partition coefficient (Wildman–Crippen LogP) is 5.57. The molecule has 0 aliphatic rings. The van der Waals surface area contributed by atoms with Gasteiger partial charge in [0.15, 0.2) is 0 Å². The van der Waals surface area contributed by atoms with Gasteiger partial charge in [0.05, 0.1) is 23.9 Å². The Hall–Kier alpha value is -4.64.